The number of nitrogens with zero attached hydrogens (tertiary/aromatic N) is 1. The fraction of sp³-hybridized carbons (Fsp3) is 0.800. The molecule has 1 heterocycles. The number of likely N-dealkylation sites (tertiary alicyclic amines) is 1. The molecule has 0 aromatic heterocycles. The van der Waals surface area contributed by atoms with Gasteiger partial charge in [0.05, 0.1) is 6.04 Å². The summed E-state index contributed by atoms with van der Waals surface area (Å²) in [5.74, 6) is 0.379. The normalized spacial score (nSPS) is 31.6. The summed E-state index contributed by atoms with van der Waals surface area (Å²) in [4.78, 5) is 14.7. The van der Waals surface area contributed by atoms with Crippen molar-refractivity contribution in [1.29, 1.82) is 0 Å². The Balaban J connectivity index is 1.86. The van der Waals surface area contributed by atoms with Crippen LogP contribution in [0.2, 0.25) is 0 Å². The highest BCUT2D eigenvalue weighted by molar-refractivity contribution is 5.82. The van der Waals surface area contributed by atoms with Crippen LogP contribution in [0.5, 0.6) is 0 Å². The minimum absolute atomic E-state index is 0.0512. The topological polar surface area (TPSA) is 52.6 Å². The van der Waals surface area contributed by atoms with Crippen molar-refractivity contribution in [1.82, 2.24) is 10.2 Å². The molecule has 19 heavy (non-hydrogen) atoms. The summed E-state index contributed by atoms with van der Waals surface area (Å²) in [6.07, 6.45) is 9.30. The van der Waals surface area contributed by atoms with E-state index in [9.17, 15) is 4.79 Å². The lowest BCUT2D eigenvalue weighted by Gasteiger charge is -2.35. The Bertz CT molecular complexity index is 328. The monoisotopic (exact) mass is 266 g/mol. The Kier molecular flexibility index (Phi) is 5.40. The van der Waals surface area contributed by atoms with Gasteiger partial charge in [0.2, 0.25) is 5.91 Å². The van der Waals surface area contributed by atoms with E-state index in [0.717, 1.165) is 38.8 Å². The zero-order valence-corrected chi connectivity index (χ0v) is 11.8. The van der Waals surface area contributed by atoms with Crippen LogP contribution >= 0.6 is 0 Å². The van der Waals surface area contributed by atoms with Gasteiger partial charge in [-0.3, -0.25) is 9.69 Å². The molecule has 0 saturated carbocycles. The van der Waals surface area contributed by atoms with Gasteiger partial charge in [0.15, 0.2) is 0 Å². The lowest BCUT2D eigenvalue weighted by Crippen LogP contribution is -2.51. The molecular weight excluding hydrogens is 240 g/mol. The standard InChI is InChI=1S/C15H26N2O2/c1-2-8-17-9-4-3-5-14(17)15(19)16-13-7-6-12(10-13)11-18/h6-7,12-14,18H,2-5,8-11H2,1H3,(H,16,19)/t12-,13+,14?/m0/s1. The van der Waals surface area contributed by atoms with Crippen molar-refractivity contribution >= 4 is 5.91 Å². The van der Waals surface area contributed by atoms with E-state index >= 15 is 0 Å². The van der Waals surface area contributed by atoms with Crippen LogP contribution in [0.25, 0.3) is 0 Å². The van der Waals surface area contributed by atoms with Crippen LogP contribution < -0.4 is 5.32 Å². The third kappa shape index (κ3) is 3.80. The van der Waals surface area contributed by atoms with Crippen molar-refractivity contribution in [2.45, 2.75) is 51.1 Å². The number of rotatable bonds is 5. The van der Waals surface area contributed by atoms with Crippen LogP contribution in [0.3, 0.4) is 0 Å². The number of aliphatic hydroxyl groups is 1. The molecule has 0 aromatic carbocycles. The fourth-order valence-corrected chi connectivity index (χ4v) is 3.14. The summed E-state index contributed by atoms with van der Waals surface area (Å²) in [5, 5.41) is 12.2. The average molecular weight is 266 g/mol. The predicted octanol–water partition coefficient (Wildman–Crippen LogP) is 1.30. The van der Waals surface area contributed by atoms with E-state index in [0.29, 0.717) is 0 Å². The number of hydrogen-bond donors (Lipinski definition) is 2. The van der Waals surface area contributed by atoms with Gasteiger partial charge in [-0.2, -0.15) is 0 Å². The van der Waals surface area contributed by atoms with E-state index < -0.39 is 0 Å². The van der Waals surface area contributed by atoms with Gasteiger partial charge < -0.3 is 10.4 Å². The van der Waals surface area contributed by atoms with Crippen LogP contribution in [-0.4, -0.2) is 47.7 Å². The SMILES string of the molecule is CCCN1CCCCC1C(=O)N[C@@H]1C=C[C@H](CO)C1. The van der Waals surface area contributed by atoms with Crippen molar-refractivity contribution in [3.05, 3.63) is 12.2 Å². The summed E-state index contributed by atoms with van der Waals surface area (Å²) < 4.78 is 0. The molecule has 0 radical (unpaired) electrons. The van der Waals surface area contributed by atoms with Gasteiger partial charge >= 0.3 is 0 Å². The minimum Gasteiger partial charge on any atom is -0.396 e. The average Bonchev–Trinajstić information content (AvgIpc) is 2.87. The number of piperidine rings is 1. The Morgan fingerprint density at radius 1 is 1.42 bits per heavy atom. The van der Waals surface area contributed by atoms with Crippen molar-refractivity contribution < 1.29 is 9.90 Å². The largest absolute Gasteiger partial charge is 0.396 e. The smallest absolute Gasteiger partial charge is 0.237 e. The first-order valence-electron chi connectivity index (χ1n) is 7.58. The molecule has 2 rings (SSSR count). The first-order chi connectivity index (χ1) is 9.24. The summed E-state index contributed by atoms with van der Waals surface area (Å²) in [6, 6.07) is 0.158. The van der Waals surface area contributed by atoms with Crippen molar-refractivity contribution in [3.8, 4) is 0 Å². The molecule has 1 fully saturated rings. The molecule has 2 aliphatic rings. The second kappa shape index (κ2) is 7.06. The molecule has 0 aromatic rings. The third-order valence-corrected chi connectivity index (χ3v) is 4.16. The minimum atomic E-state index is 0.0512. The maximum Gasteiger partial charge on any atom is 0.237 e. The molecule has 1 amide bonds. The van der Waals surface area contributed by atoms with Gasteiger partial charge in [-0.1, -0.05) is 25.5 Å². The van der Waals surface area contributed by atoms with E-state index in [-0.39, 0.29) is 30.5 Å². The maximum atomic E-state index is 12.4. The number of carbonyl (C=O) groups is 1. The van der Waals surface area contributed by atoms with Crippen molar-refractivity contribution in [2.75, 3.05) is 19.7 Å². The number of aliphatic hydroxyl groups excluding tert-OH is 1. The molecule has 2 N–H and O–H groups in total. The van der Waals surface area contributed by atoms with Crippen molar-refractivity contribution in [3.63, 3.8) is 0 Å². The second-order valence-electron chi connectivity index (χ2n) is 5.73. The number of amides is 1. The molecule has 0 spiro atoms. The van der Waals surface area contributed by atoms with Gasteiger partial charge in [0.1, 0.15) is 0 Å². The Morgan fingerprint density at radius 2 is 2.26 bits per heavy atom. The molecule has 4 heteroatoms. The van der Waals surface area contributed by atoms with Gasteiger partial charge in [-0.25, -0.2) is 0 Å². The van der Waals surface area contributed by atoms with E-state index in [4.69, 9.17) is 5.11 Å². The van der Waals surface area contributed by atoms with Crippen LogP contribution in [0, 0.1) is 5.92 Å². The second-order valence-corrected chi connectivity index (χ2v) is 5.73. The van der Waals surface area contributed by atoms with Gasteiger partial charge in [0, 0.05) is 18.6 Å². The molecule has 0 bridgehead atoms. The van der Waals surface area contributed by atoms with E-state index in [2.05, 4.69) is 17.1 Å². The first kappa shape index (κ1) is 14.5. The predicted molar refractivity (Wildman–Crippen MR) is 75.8 cm³/mol. The summed E-state index contributed by atoms with van der Waals surface area (Å²) in [5.41, 5.74) is 0. The van der Waals surface area contributed by atoms with Gasteiger partial charge in [0.25, 0.3) is 0 Å². The van der Waals surface area contributed by atoms with Crippen LogP contribution in [0.4, 0.5) is 0 Å². The number of nitrogens with one attached hydrogen (secondary N) is 1. The lowest BCUT2D eigenvalue weighted by atomic mass is 10.0. The Hall–Kier alpha value is -0.870. The fourth-order valence-electron chi connectivity index (χ4n) is 3.14. The highest BCUT2D eigenvalue weighted by Crippen LogP contribution is 2.20. The highest BCUT2D eigenvalue weighted by atomic mass is 16.3. The third-order valence-electron chi connectivity index (χ3n) is 4.16. The highest BCUT2D eigenvalue weighted by Gasteiger charge is 2.30. The van der Waals surface area contributed by atoms with Gasteiger partial charge in [-0.15, -0.1) is 0 Å². The summed E-state index contributed by atoms with van der Waals surface area (Å²) >= 11 is 0. The Morgan fingerprint density at radius 3 is 2.95 bits per heavy atom. The zero-order chi connectivity index (χ0) is 13.7. The molecular formula is C15H26N2O2. The molecule has 1 saturated heterocycles. The summed E-state index contributed by atoms with van der Waals surface area (Å²) in [7, 11) is 0. The van der Waals surface area contributed by atoms with E-state index in [1.165, 1.54) is 6.42 Å². The van der Waals surface area contributed by atoms with Gasteiger partial charge in [-0.05, 0) is 38.8 Å². The van der Waals surface area contributed by atoms with E-state index in [1.807, 2.05) is 12.2 Å². The molecule has 1 unspecified atom stereocenters. The van der Waals surface area contributed by atoms with Crippen LogP contribution in [0.15, 0.2) is 12.2 Å². The zero-order valence-electron chi connectivity index (χ0n) is 11.8. The number of hydrogen-bond acceptors (Lipinski definition) is 3. The quantitative estimate of drug-likeness (QED) is 0.738. The molecule has 4 nitrogen and oxygen atoms in total. The molecule has 1 aliphatic carbocycles. The van der Waals surface area contributed by atoms with E-state index in [1.54, 1.807) is 0 Å². The molecule has 1 aliphatic heterocycles. The lowest BCUT2D eigenvalue weighted by molar-refractivity contribution is -0.128. The first-order valence-corrected chi connectivity index (χ1v) is 7.58. The molecule has 3 atom stereocenters. The van der Waals surface area contributed by atoms with Crippen molar-refractivity contribution in [2.24, 2.45) is 5.92 Å². The number of carbonyl (C=O) groups excluding carboxylic acids is 1. The summed E-state index contributed by atoms with van der Waals surface area (Å²) in [6.45, 7) is 4.40. The van der Waals surface area contributed by atoms with Crippen LogP contribution in [-0.2, 0) is 4.79 Å². The maximum absolute atomic E-state index is 12.4. The Labute approximate surface area is 115 Å². The molecule has 108 valence electrons. The van der Waals surface area contributed by atoms with Crippen LogP contribution in [0.1, 0.15) is 39.0 Å².